The summed E-state index contributed by atoms with van der Waals surface area (Å²) in [7, 11) is 1.60. The van der Waals surface area contributed by atoms with Crippen LogP contribution in [0.1, 0.15) is 23.2 Å². The molecule has 5 rings (SSSR count). The Balaban J connectivity index is 1.37. The second-order valence-electron chi connectivity index (χ2n) is 8.00. The van der Waals surface area contributed by atoms with E-state index < -0.39 is 10.8 Å². The number of amides is 1. The molecule has 1 aliphatic rings. The van der Waals surface area contributed by atoms with Gasteiger partial charge in [0.1, 0.15) is 22.5 Å². The van der Waals surface area contributed by atoms with E-state index in [2.05, 4.69) is 15.5 Å². The van der Waals surface area contributed by atoms with Crippen LogP contribution in [0, 0.1) is 10.1 Å². The first-order chi connectivity index (χ1) is 16.5. The highest BCUT2D eigenvalue weighted by Gasteiger charge is 2.24. The fraction of sp³-hybridized carbons (Fsp3) is 0.208. The first-order valence-electron chi connectivity index (χ1n) is 10.9. The van der Waals surface area contributed by atoms with Crippen LogP contribution in [0.4, 0.5) is 17.1 Å². The van der Waals surface area contributed by atoms with Crippen molar-refractivity contribution in [2.75, 3.05) is 30.4 Å². The van der Waals surface area contributed by atoms with E-state index in [1.165, 1.54) is 10.9 Å². The first-order valence-corrected chi connectivity index (χ1v) is 10.9. The Labute approximate surface area is 194 Å². The molecule has 10 nitrogen and oxygen atoms in total. The summed E-state index contributed by atoms with van der Waals surface area (Å²) in [6.07, 6.45) is 2.01. The highest BCUT2D eigenvalue weighted by atomic mass is 16.6. The monoisotopic (exact) mass is 458 g/mol. The van der Waals surface area contributed by atoms with Crippen LogP contribution in [-0.2, 0) is 0 Å². The molecule has 1 aromatic heterocycles. The lowest BCUT2D eigenvalue weighted by Crippen LogP contribution is -2.19. The second-order valence-corrected chi connectivity index (χ2v) is 8.00. The molecular formula is C24H22N6O4. The number of nitrogens with zero attached hydrogens (tertiary/aromatic N) is 5. The van der Waals surface area contributed by atoms with Gasteiger partial charge in [-0.15, -0.1) is 10.2 Å². The van der Waals surface area contributed by atoms with Crippen molar-refractivity contribution in [3.8, 4) is 11.4 Å². The number of benzene rings is 3. The molecule has 0 atom stereocenters. The highest BCUT2D eigenvalue weighted by Crippen LogP contribution is 2.32. The number of anilines is 2. The average Bonchev–Trinajstić information content (AvgIpc) is 3.54. The Morgan fingerprint density at radius 2 is 1.74 bits per heavy atom. The van der Waals surface area contributed by atoms with E-state index in [9.17, 15) is 14.9 Å². The van der Waals surface area contributed by atoms with E-state index in [1.807, 2.05) is 29.2 Å². The number of nitro benzene ring substituents is 1. The first kappa shape index (κ1) is 21.4. The van der Waals surface area contributed by atoms with E-state index in [0.29, 0.717) is 22.4 Å². The van der Waals surface area contributed by atoms with Crippen molar-refractivity contribution >= 4 is 34.0 Å². The predicted octanol–water partition coefficient (Wildman–Crippen LogP) is 4.19. The van der Waals surface area contributed by atoms with Gasteiger partial charge in [0.05, 0.1) is 17.7 Å². The van der Waals surface area contributed by atoms with Gasteiger partial charge in [0.25, 0.3) is 11.6 Å². The number of carbonyl (C=O) groups excluding carboxylic acids is 1. The number of methoxy groups -OCH3 is 1. The zero-order valence-electron chi connectivity index (χ0n) is 18.5. The molecule has 0 bridgehead atoms. The quantitative estimate of drug-likeness (QED) is 0.340. The van der Waals surface area contributed by atoms with Gasteiger partial charge in [-0.3, -0.25) is 14.9 Å². The van der Waals surface area contributed by atoms with Crippen LogP contribution in [0.3, 0.4) is 0 Å². The Kier molecular flexibility index (Phi) is 5.54. The minimum atomic E-state index is -0.437. The summed E-state index contributed by atoms with van der Waals surface area (Å²) in [5.74, 6) is 0.303. The van der Waals surface area contributed by atoms with Crippen molar-refractivity contribution in [2.24, 2.45) is 0 Å². The Morgan fingerprint density at radius 3 is 2.44 bits per heavy atom. The number of carbonyl (C=O) groups is 1. The van der Waals surface area contributed by atoms with Gasteiger partial charge >= 0.3 is 0 Å². The number of aromatic nitrogens is 3. The van der Waals surface area contributed by atoms with Crippen LogP contribution in [0.5, 0.6) is 5.75 Å². The van der Waals surface area contributed by atoms with Crippen molar-refractivity contribution in [1.82, 2.24) is 15.0 Å². The van der Waals surface area contributed by atoms with Gasteiger partial charge < -0.3 is 15.0 Å². The van der Waals surface area contributed by atoms with Gasteiger partial charge in [0.2, 0.25) is 0 Å². The maximum atomic E-state index is 12.8. The fourth-order valence-electron chi connectivity index (χ4n) is 4.06. The molecule has 3 aromatic carbocycles. The summed E-state index contributed by atoms with van der Waals surface area (Å²) in [5.41, 5.74) is 3.27. The number of hydrogen-bond acceptors (Lipinski definition) is 7. The van der Waals surface area contributed by atoms with Crippen LogP contribution in [-0.4, -0.2) is 46.0 Å². The van der Waals surface area contributed by atoms with Crippen LogP contribution in [0.2, 0.25) is 0 Å². The molecule has 1 saturated heterocycles. The van der Waals surface area contributed by atoms with E-state index in [4.69, 9.17) is 4.74 Å². The number of nitrogens with one attached hydrogen (secondary N) is 1. The molecule has 0 unspecified atom stereocenters. The van der Waals surface area contributed by atoms with Crippen molar-refractivity contribution in [2.45, 2.75) is 12.8 Å². The molecule has 1 amide bonds. The van der Waals surface area contributed by atoms with E-state index >= 15 is 0 Å². The molecule has 0 spiro atoms. The lowest BCUT2D eigenvalue weighted by atomic mass is 10.1. The van der Waals surface area contributed by atoms with E-state index in [0.717, 1.165) is 37.4 Å². The summed E-state index contributed by atoms with van der Waals surface area (Å²) in [6, 6.07) is 17.1. The number of nitro groups is 1. The Bertz CT molecular complexity index is 1380. The highest BCUT2D eigenvalue weighted by molar-refractivity contribution is 6.05. The normalized spacial score (nSPS) is 13.3. The van der Waals surface area contributed by atoms with Gasteiger partial charge in [-0.2, -0.15) is 4.80 Å². The maximum Gasteiger partial charge on any atom is 0.293 e. The summed E-state index contributed by atoms with van der Waals surface area (Å²) in [6.45, 7) is 1.56. The molecular weight excluding hydrogens is 436 g/mol. The SMILES string of the molecule is COc1ccc(-n2nc3ccc(NC(=O)c4ccc(N5CCCC5)c([N+](=O)[O-])c4)cc3n2)cc1. The van der Waals surface area contributed by atoms with Crippen LogP contribution in [0.25, 0.3) is 16.7 Å². The summed E-state index contributed by atoms with van der Waals surface area (Å²) in [5, 5.41) is 23.4. The molecule has 10 heteroatoms. The van der Waals surface area contributed by atoms with Crippen LogP contribution >= 0.6 is 0 Å². The molecule has 34 heavy (non-hydrogen) atoms. The van der Waals surface area contributed by atoms with Gasteiger partial charge in [-0.05, 0) is 67.4 Å². The molecule has 4 aromatic rings. The topological polar surface area (TPSA) is 115 Å². The molecule has 0 aliphatic carbocycles. The third-order valence-corrected chi connectivity index (χ3v) is 5.82. The lowest BCUT2D eigenvalue weighted by Gasteiger charge is -2.17. The molecule has 0 saturated carbocycles. The molecule has 1 aliphatic heterocycles. The minimum Gasteiger partial charge on any atom is -0.497 e. The number of fused-ring (bicyclic) bond motifs is 1. The molecule has 1 fully saturated rings. The minimum absolute atomic E-state index is 0.0626. The summed E-state index contributed by atoms with van der Waals surface area (Å²) < 4.78 is 5.18. The molecule has 0 radical (unpaired) electrons. The maximum absolute atomic E-state index is 12.8. The van der Waals surface area contributed by atoms with Crippen molar-refractivity contribution in [1.29, 1.82) is 0 Å². The second kappa shape index (κ2) is 8.81. The van der Waals surface area contributed by atoms with Crippen LogP contribution < -0.4 is 15.0 Å². The van der Waals surface area contributed by atoms with Crippen LogP contribution in [0.15, 0.2) is 60.7 Å². The average molecular weight is 458 g/mol. The Hall–Kier alpha value is -4.47. The third kappa shape index (κ3) is 4.13. The molecule has 172 valence electrons. The zero-order chi connectivity index (χ0) is 23.7. The number of hydrogen-bond donors (Lipinski definition) is 1. The molecule has 1 N–H and O–H groups in total. The number of rotatable bonds is 6. The third-order valence-electron chi connectivity index (χ3n) is 5.82. The molecule has 2 heterocycles. The smallest absolute Gasteiger partial charge is 0.293 e. The van der Waals surface area contributed by atoms with Gasteiger partial charge in [0, 0.05) is 30.4 Å². The van der Waals surface area contributed by atoms with Crippen molar-refractivity contribution in [3.63, 3.8) is 0 Å². The van der Waals surface area contributed by atoms with E-state index in [1.54, 1.807) is 37.4 Å². The lowest BCUT2D eigenvalue weighted by molar-refractivity contribution is -0.384. The number of ether oxygens (including phenoxy) is 1. The van der Waals surface area contributed by atoms with Gasteiger partial charge in [-0.1, -0.05) is 0 Å². The van der Waals surface area contributed by atoms with Crippen molar-refractivity contribution < 1.29 is 14.5 Å². The summed E-state index contributed by atoms with van der Waals surface area (Å²) >= 11 is 0. The van der Waals surface area contributed by atoms with Crippen molar-refractivity contribution in [3.05, 3.63) is 76.3 Å². The standard InChI is InChI=1S/C24H22N6O4/c1-34-19-8-6-18(7-9-19)29-26-20-10-5-17(15-21(20)27-29)25-24(31)16-4-11-22(23(14-16)30(32)33)28-12-2-3-13-28/h4-11,14-15H,2-3,12-13H2,1H3,(H,25,31). The largest absolute Gasteiger partial charge is 0.497 e. The van der Waals surface area contributed by atoms with Gasteiger partial charge in [0.15, 0.2) is 0 Å². The van der Waals surface area contributed by atoms with E-state index in [-0.39, 0.29) is 11.3 Å². The summed E-state index contributed by atoms with van der Waals surface area (Å²) in [4.78, 5) is 27.5. The fourth-order valence-corrected chi connectivity index (χ4v) is 4.06. The van der Waals surface area contributed by atoms with Gasteiger partial charge in [-0.25, -0.2) is 0 Å². The zero-order valence-corrected chi connectivity index (χ0v) is 18.5. The predicted molar refractivity (Wildman–Crippen MR) is 128 cm³/mol. The Morgan fingerprint density at radius 1 is 1.00 bits per heavy atom.